The van der Waals surface area contributed by atoms with Crippen LogP contribution < -0.4 is 10.2 Å². The second-order valence-corrected chi connectivity index (χ2v) is 6.24. The fourth-order valence-corrected chi connectivity index (χ4v) is 3.40. The summed E-state index contributed by atoms with van der Waals surface area (Å²) in [6.07, 6.45) is 7.61. The summed E-state index contributed by atoms with van der Waals surface area (Å²) in [4.78, 5) is 11.9. The first-order valence-corrected chi connectivity index (χ1v) is 8.08. The van der Waals surface area contributed by atoms with E-state index in [0.717, 1.165) is 16.9 Å². The number of fused-ring (bicyclic) bond motifs is 1. The van der Waals surface area contributed by atoms with Crippen LogP contribution in [0.1, 0.15) is 33.1 Å². The molecule has 2 unspecified atom stereocenters. The lowest BCUT2D eigenvalue weighted by atomic mass is 9.97. The van der Waals surface area contributed by atoms with Crippen molar-refractivity contribution in [2.45, 2.75) is 45.2 Å². The maximum Gasteiger partial charge on any atom is 0.226 e. The molecular formula is C17H26ClN5. The number of piperidine rings is 1. The van der Waals surface area contributed by atoms with E-state index in [-0.39, 0.29) is 12.4 Å². The van der Waals surface area contributed by atoms with Gasteiger partial charge in [0, 0.05) is 31.9 Å². The quantitative estimate of drug-likeness (QED) is 0.864. The van der Waals surface area contributed by atoms with Crippen molar-refractivity contribution < 1.29 is 0 Å². The number of hydrogen-bond acceptors (Lipinski definition) is 4. The van der Waals surface area contributed by atoms with Crippen molar-refractivity contribution >= 4 is 35.2 Å². The molecule has 2 atom stereocenters. The molecule has 2 aromatic heterocycles. The molecule has 0 saturated carbocycles. The largest absolute Gasteiger partial charge is 0.351 e. The molecule has 0 bridgehead atoms. The van der Waals surface area contributed by atoms with E-state index in [1.54, 1.807) is 0 Å². The van der Waals surface area contributed by atoms with Crippen LogP contribution in [-0.2, 0) is 7.05 Å². The van der Waals surface area contributed by atoms with Gasteiger partial charge in [-0.15, -0.1) is 19.0 Å². The fourth-order valence-electron chi connectivity index (χ4n) is 3.40. The van der Waals surface area contributed by atoms with Gasteiger partial charge in [0.1, 0.15) is 11.5 Å². The number of halogens is 1. The Bertz CT molecular complexity index is 671. The lowest BCUT2D eigenvalue weighted by Gasteiger charge is -2.40. The highest BCUT2D eigenvalue weighted by Crippen LogP contribution is 2.33. The van der Waals surface area contributed by atoms with Crippen LogP contribution >= 0.6 is 12.4 Å². The molecule has 126 valence electrons. The zero-order chi connectivity index (χ0) is 15.7. The third-order valence-electron chi connectivity index (χ3n) is 4.55. The third kappa shape index (κ3) is 3.29. The van der Waals surface area contributed by atoms with Gasteiger partial charge in [-0.05, 0) is 39.2 Å². The first-order chi connectivity index (χ1) is 10.6. The zero-order valence-electron chi connectivity index (χ0n) is 14.1. The number of hydrogen-bond donors (Lipinski definition) is 1. The number of anilines is 2. The summed E-state index contributed by atoms with van der Waals surface area (Å²) in [5.41, 5.74) is 0.974. The second kappa shape index (κ2) is 7.21. The molecule has 0 radical (unpaired) electrons. The minimum Gasteiger partial charge on any atom is -0.351 e. The van der Waals surface area contributed by atoms with E-state index in [2.05, 4.69) is 52.5 Å². The highest BCUT2D eigenvalue weighted by molar-refractivity contribution is 5.89. The predicted molar refractivity (Wildman–Crippen MR) is 99.7 cm³/mol. The lowest BCUT2D eigenvalue weighted by Crippen LogP contribution is -2.44. The summed E-state index contributed by atoms with van der Waals surface area (Å²) < 4.78 is 2.05. The van der Waals surface area contributed by atoms with Gasteiger partial charge in [0.2, 0.25) is 5.95 Å². The molecule has 6 heteroatoms. The van der Waals surface area contributed by atoms with Gasteiger partial charge in [-0.25, -0.2) is 0 Å². The normalized spacial score (nSPS) is 21.1. The van der Waals surface area contributed by atoms with Crippen LogP contribution in [-0.4, -0.2) is 33.2 Å². The molecule has 1 N–H and O–H groups in total. The van der Waals surface area contributed by atoms with Gasteiger partial charge < -0.3 is 14.8 Å². The Kier molecular flexibility index (Phi) is 5.52. The Labute approximate surface area is 144 Å². The zero-order valence-corrected chi connectivity index (χ0v) is 14.9. The molecule has 2 aromatic rings. The van der Waals surface area contributed by atoms with E-state index in [1.807, 2.05) is 13.1 Å². The van der Waals surface area contributed by atoms with Gasteiger partial charge in [0.05, 0.1) is 5.39 Å². The second-order valence-electron chi connectivity index (χ2n) is 6.24. The molecule has 0 spiro atoms. The molecule has 1 aliphatic rings. The van der Waals surface area contributed by atoms with Crippen molar-refractivity contribution in [2.24, 2.45) is 7.05 Å². The van der Waals surface area contributed by atoms with Crippen molar-refractivity contribution in [1.29, 1.82) is 0 Å². The first-order valence-electron chi connectivity index (χ1n) is 8.08. The van der Waals surface area contributed by atoms with Gasteiger partial charge in [-0.2, -0.15) is 9.97 Å². The summed E-state index contributed by atoms with van der Waals surface area (Å²) in [5, 5.41) is 4.36. The maximum atomic E-state index is 4.82. The van der Waals surface area contributed by atoms with Crippen LogP contribution in [0, 0.1) is 0 Å². The molecular weight excluding hydrogens is 310 g/mol. The molecule has 3 rings (SSSR count). The van der Waals surface area contributed by atoms with Crippen LogP contribution in [0.4, 0.5) is 11.8 Å². The van der Waals surface area contributed by atoms with Crippen molar-refractivity contribution in [3.63, 3.8) is 0 Å². The van der Waals surface area contributed by atoms with Crippen molar-refractivity contribution in [3.05, 3.63) is 24.9 Å². The van der Waals surface area contributed by atoms with E-state index in [1.165, 1.54) is 19.3 Å². The summed E-state index contributed by atoms with van der Waals surface area (Å²) in [5.74, 6) is 1.73. The van der Waals surface area contributed by atoms with Gasteiger partial charge in [0.15, 0.2) is 0 Å². The van der Waals surface area contributed by atoms with E-state index in [0.29, 0.717) is 24.6 Å². The topological polar surface area (TPSA) is 46.0 Å². The van der Waals surface area contributed by atoms with E-state index >= 15 is 0 Å². The van der Waals surface area contributed by atoms with Crippen LogP contribution in [0.25, 0.3) is 11.0 Å². The standard InChI is InChI=1S/C17H25N5.ClH/c1-5-10-18-17-19-15-14(9-11-21(15)4)16(20-17)22-12(2)7-6-8-13(22)3;/h5,9,11-13H,1,6-8,10H2,2-4H3,(H,18,19,20);1H. The minimum atomic E-state index is 0. The van der Waals surface area contributed by atoms with Crippen LogP contribution in [0.2, 0.25) is 0 Å². The highest BCUT2D eigenvalue weighted by atomic mass is 35.5. The lowest BCUT2D eigenvalue weighted by molar-refractivity contribution is 0.412. The maximum absolute atomic E-state index is 4.82. The molecule has 5 nitrogen and oxygen atoms in total. The summed E-state index contributed by atoms with van der Waals surface area (Å²) in [6, 6.07) is 3.14. The molecule has 23 heavy (non-hydrogen) atoms. The first kappa shape index (κ1) is 17.6. The van der Waals surface area contributed by atoms with E-state index in [9.17, 15) is 0 Å². The van der Waals surface area contributed by atoms with Gasteiger partial charge in [0.25, 0.3) is 0 Å². The summed E-state index contributed by atoms with van der Waals surface area (Å²) in [7, 11) is 2.03. The molecule has 0 amide bonds. The Balaban J connectivity index is 0.00000192. The average Bonchev–Trinajstić information content (AvgIpc) is 2.86. The van der Waals surface area contributed by atoms with Crippen molar-refractivity contribution in [2.75, 3.05) is 16.8 Å². The number of rotatable bonds is 4. The van der Waals surface area contributed by atoms with Gasteiger partial charge in [-0.1, -0.05) is 6.08 Å². The Morgan fingerprint density at radius 3 is 2.65 bits per heavy atom. The van der Waals surface area contributed by atoms with Gasteiger partial charge in [-0.3, -0.25) is 0 Å². The smallest absolute Gasteiger partial charge is 0.226 e. The molecule has 3 heterocycles. The monoisotopic (exact) mass is 335 g/mol. The average molecular weight is 336 g/mol. The number of nitrogens with zero attached hydrogens (tertiary/aromatic N) is 4. The molecule has 1 saturated heterocycles. The molecule has 1 aliphatic heterocycles. The van der Waals surface area contributed by atoms with Crippen LogP contribution in [0.15, 0.2) is 24.9 Å². The summed E-state index contributed by atoms with van der Waals surface area (Å²) in [6.45, 7) is 9.01. The van der Waals surface area contributed by atoms with Gasteiger partial charge >= 0.3 is 0 Å². The van der Waals surface area contributed by atoms with Crippen molar-refractivity contribution in [3.8, 4) is 0 Å². The fraction of sp³-hybridized carbons (Fsp3) is 0.529. The van der Waals surface area contributed by atoms with Crippen LogP contribution in [0.5, 0.6) is 0 Å². The minimum absolute atomic E-state index is 0. The molecule has 0 aliphatic carbocycles. The van der Waals surface area contributed by atoms with E-state index in [4.69, 9.17) is 4.98 Å². The highest BCUT2D eigenvalue weighted by Gasteiger charge is 2.28. The SMILES string of the molecule is C=CCNc1nc(N2C(C)CCCC2C)c2ccn(C)c2n1.Cl. The number of aromatic nitrogens is 3. The number of aryl methyl sites for hydroxylation is 1. The van der Waals surface area contributed by atoms with E-state index < -0.39 is 0 Å². The Morgan fingerprint density at radius 1 is 1.30 bits per heavy atom. The Morgan fingerprint density at radius 2 is 2.00 bits per heavy atom. The summed E-state index contributed by atoms with van der Waals surface area (Å²) >= 11 is 0. The van der Waals surface area contributed by atoms with Crippen molar-refractivity contribution in [1.82, 2.24) is 14.5 Å². The molecule has 0 aromatic carbocycles. The predicted octanol–water partition coefficient (Wildman–Crippen LogP) is 3.76. The third-order valence-corrected chi connectivity index (χ3v) is 4.55. The molecule has 1 fully saturated rings. The Hall–Kier alpha value is -1.75. The number of nitrogens with one attached hydrogen (secondary N) is 1. The van der Waals surface area contributed by atoms with Crippen LogP contribution in [0.3, 0.4) is 0 Å².